The van der Waals surface area contributed by atoms with Gasteiger partial charge in [0.25, 0.3) is 5.91 Å². The van der Waals surface area contributed by atoms with Crippen LogP contribution in [-0.4, -0.2) is 44.2 Å². The SMILES string of the molecule is COC=Cc1ccc2ccc(CN3CCC(NC(=O)c4cccc(OC)c4)CC3)cc2c1. The van der Waals surface area contributed by atoms with Crippen LogP contribution in [0.2, 0.25) is 0 Å². The molecule has 166 valence electrons. The minimum Gasteiger partial charge on any atom is -0.504 e. The summed E-state index contributed by atoms with van der Waals surface area (Å²) in [5.74, 6) is 0.667. The topological polar surface area (TPSA) is 50.8 Å². The molecule has 5 heteroatoms. The first-order chi connectivity index (χ1) is 15.6. The highest BCUT2D eigenvalue weighted by atomic mass is 16.5. The van der Waals surface area contributed by atoms with Gasteiger partial charge < -0.3 is 14.8 Å². The first kappa shape index (κ1) is 21.9. The molecule has 0 spiro atoms. The molecule has 0 aromatic heterocycles. The van der Waals surface area contributed by atoms with E-state index in [1.54, 1.807) is 26.5 Å². The van der Waals surface area contributed by atoms with Gasteiger partial charge in [0, 0.05) is 31.2 Å². The standard InChI is InChI=1S/C27H30N2O3/c1-31-15-12-20-6-8-22-9-7-21(17-24(22)16-20)19-29-13-10-25(11-14-29)28-27(30)23-4-3-5-26(18-23)32-2/h3-9,12,15-18,25H,10-11,13-14,19H2,1-2H3,(H,28,30). The number of fused-ring (bicyclic) bond motifs is 1. The van der Waals surface area contributed by atoms with Gasteiger partial charge in [-0.1, -0.05) is 30.3 Å². The molecule has 1 heterocycles. The number of rotatable bonds is 7. The minimum absolute atomic E-state index is 0.0322. The van der Waals surface area contributed by atoms with Gasteiger partial charge in [0.1, 0.15) is 5.75 Å². The van der Waals surface area contributed by atoms with Gasteiger partial charge in [-0.15, -0.1) is 0 Å². The Bertz CT molecular complexity index is 1100. The van der Waals surface area contributed by atoms with Crippen molar-refractivity contribution in [1.29, 1.82) is 0 Å². The second-order valence-electron chi connectivity index (χ2n) is 8.24. The van der Waals surface area contributed by atoms with Crippen LogP contribution in [0.5, 0.6) is 5.75 Å². The van der Waals surface area contributed by atoms with Crippen LogP contribution >= 0.6 is 0 Å². The summed E-state index contributed by atoms with van der Waals surface area (Å²) in [4.78, 5) is 15.0. The van der Waals surface area contributed by atoms with Gasteiger partial charge in [0.05, 0.1) is 20.5 Å². The molecule has 1 saturated heterocycles. The number of ether oxygens (including phenoxy) is 2. The number of amides is 1. The Morgan fingerprint density at radius 2 is 1.84 bits per heavy atom. The first-order valence-corrected chi connectivity index (χ1v) is 11.0. The number of piperidine rings is 1. The molecule has 0 aliphatic carbocycles. The molecule has 5 nitrogen and oxygen atoms in total. The Kier molecular flexibility index (Phi) is 7.07. The summed E-state index contributed by atoms with van der Waals surface area (Å²) >= 11 is 0. The lowest BCUT2D eigenvalue weighted by Gasteiger charge is -2.32. The number of benzene rings is 3. The molecule has 0 unspecified atom stereocenters. The fourth-order valence-electron chi connectivity index (χ4n) is 4.19. The summed E-state index contributed by atoms with van der Waals surface area (Å²) < 4.78 is 10.3. The zero-order valence-corrected chi connectivity index (χ0v) is 18.7. The Morgan fingerprint density at radius 1 is 1.03 bits per heavy atom. The number of hydrogen-bond donors (Lipinski definition) is 1. The predicted molar refractivity (Wildman–Crippen MR) is 129 cm³/mol. The molecule has 1 amide bonds. The van der Waals surface area contributed by atoms with Gasteiger partial charge in [-0.2, -0.15) is 0 Å². The van der Waals surface area contributed by atoms with Crippen molar-refractivity contribution in [1.82, 2.24) is 10.2 Å². The van der Waals surface area contributed by atoms with Crippen LogP contribution in [-0.2, 0) is 11.3 Å². The highest BCUT2D eigenvalue weighted by Crippen LogP contribution is 2.21. The van der Waals surface area contributed by atoms with E-state index >= 15 is 0 Å². The highest BCUT2D eigenvalue weighted by molar-refractivity contribution is 5.94. The van der Waals surface area contributed by atoms with Gasteiger partial charge >= 0.3 is 0 Å². The van der Waals surface area contributed by atoms with Crippen LogP contribution in [0.4, 0.5) is 0 Å². The lowest BCUT2D eigenvalue weighted by molar-refractivity contribution is 0.0908. The van der Waals surface area contributed by atoms with Crippen molar-refractivity contribution in [2.75, 3.05) is 27.3 Å². The molecular formula is C27H30N2O3. The van der Waals surface area contributed by atoms with Crippen molar-refractivity contribution in [3.63, 3.8) is 0 Å². The van der Waals surface area contributed by atoms with Crippen molar-refractivity contribution in [2.24, 2.45) is 0 Å². The van der Waals surface area contributed by atoms with Crippen molar-refractivity contribution in [2.45, 2.75) is 25.4 Å². The average Bonchev–Trinajstić information content (AvgIpc) is 2.83. The van der Waals surface area contributed by atoms with Crippen molar-refractivity contribution < 1.29 is 14.3 Å². The van der Waals surface area contributed by atoms with E-state index in [1.165, 1.54) is 16.3 Å². The third-order valence-electron chi connectivity index (χ3n) is 5.99. The number of nitrogens with zero attached hydrogens (tertiary/aromatic N) is 1. The molecule has 4 rings (SSSR count). The van der Waals surface area contributed by atoms with E-state index in [4.69, 9.17) is 9.47 Å². The van der Waals surface area contributed by atoms with Crippen LogP contribution in [0.25, 0.3) is 16.8 Å². The predicted octanol–water partition coefficient (Wildman–Crippen LogP) is 4.86. The molecule has 0 radical (unpaired) electrons. The second kappa shape index (κ2) is 10.3. The quantitative estimate of drug-likeness (QED) is 0.544. The molecule has 0 atom stereocenters. The zero-order chi connectivity index (χ0) is 22.3. The maximum Gasteiger partial charge on any atom is 0.251 e. The number of carbonyl (C=O) groups is 1. The van der Waals surface area contributed by atoms with Crippen LogP contribution < -0.4 is 10.1 Å². The summed E-state index contributed by atoms with van der Waals surface area (Å²) in [5.41, 5.74) is 3.08. The monoisotopic (exact) mass is 430 g/mol. The van der Waals surface area contributed by atoms with Crippen LogP contribution in [0.15, 0.2) is 66.9 Å². The normalized spacial score (nSPS) is 15.2. The van der Waals surface area contributed by atoms with E-state index in [-0.39, 0.29) is 11.9 Å². The number of methoxy groups -OCH3 is 2. The third kappa shape index (κ3) is 5.48. The Morgan fingerprint density at radius 3 is 2.62 bits per heavy atom. The molecule has 3 aromatic carbocycles. The van der Waals surface area contributed by atoms with Gasteiger partial charge in [-0.05, 0) is 71.1 Å². The van der Waals surface area contributed by atoms with Gasteiger partial charge in [-0.25, -0.2) is 0 Å². The second-order valence-corrected chi connectivity index (χ2v) is 8.24. The fourth-order valence-corrected chi connectivity index (χ4v) is 4.19. The molecule has 0 saturated carbocycles. The maximum absolute atomic E-state index is 12.6. The maximum atomic E-state index is 12.6. The van der Waals surface area contributed by atoms with Crippen molar-refractivity contribution in [3.8, 4) is 5.75 Å². The molecule has 0 bridgehead atoms. The van der Waals surface area contributed by atoms with Gasteiger partial charge in [0.15, 0.2) is 0 Å². The summed E-state index contributed by atoms with van der Waals surface area (Å²) in [6.07, 6.45) is 5.57. The highest BCUT2D eigenvalue weighted by Gasteiger charge is 2.21. The zero-order valence-electron chi connectivity index (χ0n) is 18.7. The number of hydrogen-bond acceptors (Lipinski definition) is 4. The van der Waals surface area contributed by atoms with E-state index < -0.39 is 0 Å². The summed E-state index contributed by atoms with van der Waals surface area (Å²) in [6.45, 7) is 2.86. The Hall–Kier alpha value is -3.31. The van der Waals surface area contributed by atoms with Crippen molar-refractivity contribution in [3.05, 3.63) is 83.6 Å². The number of nitrogens with one attached hydrogen (secondary N) is 1. The van der Waals surface area contributed by atoms with Crippen molar-refractivity contribution >= 4 is 22.8 Å². The smallest absolute Gasteiger partial charge is 0.251 e. The molecule has 1 N–H and O–H groups in total. The van der Waals surface area contributed by atoms with Crippen LogP contribution in [0, 0.1) is 0 Å². The average molecular weight is 431 g/mol. The molecular weight excluding hydrogens is 400 g/mol. The van der Waals surface area contributed by atoms with E-state index in [2.05, 4.69) is 46.6 Å². The summed E-state index contributed by atoms with van der Waals surface area (Å²) in [6, 6.07) is 20.6. The van der Waals surface area contributed by atoms with E-state index in [0.29, 0.717) is 11.3 Å². The van der Waals surface area contributed by atoms with E-state index in [0.717, 1.165) is 38.0 Å². The Labute approximate surface area is 189 Å². The largest absolute Gasteiger partial charge is 0.504 e. The van der Waals surface area contributed by atoms with E-state index in [9.17, 15) is 4.79 Å². The lowest BCUT2D eigenvalue weighted by Crippen LogP contribution is -2.44. The van der Waals surface area contributed by atoms with Crippen LogP contribution in [0.3, 0.4) is 0 Å². The first-order valence-electron chi connectivity index (χ1n) is 11.0. The third-order valence-corrected chi connectivity index (χ3v) is 5.99. The summed E-state index contributed by atoms with van der Waals surface area (Å²) in [7, 11) is 3.27. The van der Waals surface area contributed by atoms with Gasteiger partial charge in [-0.3, -0.25) is 9.69 Å². The lowest BCUT2D eigenvalue weighted by atomic mass is 10.0. The number of carbonyl (C=O) groups excluding carboxylic acids is 1. The summed E-state index contributed by atoms with van der Waals surface area (Å²) in [5, 5.41) is 5.66. The molecule has 3 aromatic rings. The van der Waals surface area contributed by atoms with Gasteiger partial charge in [0.2, 0.25) is 0 Å². The van der Waals surface area contributed by atoms with E-state index in [1.807, 2.05) is 24.3 Å². The van der Waals surface area contributed by atoms with Crippen LogP contribution in [0.1, 0.15) is 34.3 Å². The molecule has 1 aliphatic rings. The molecule has 1 aliphatic heterocycles. The Balaban J connectivity index is 1.32. The molecule has 32 heavy (non-hydrogen) atoms. The molecule has 1 fully saturated rings. The fraction of sp³-hybridized carbons (Fsp3) is 0.296. The number of likely N-dealkylation sites (tertiary alicyclic amines) is 1. The minimum atomic E-state index is -0.0322.